The second-order valence-electron chi connectivity index (χ2n) is 4.41. The number of carbonyl (C=O) groups is 1. The molecule has 0 saturated carbocycles. The first kappa shape index (κ1) is 15.7. The van der Waals surface area contributed by atoms with E-state index in [1.54, 1.807) is 18.3 Å². The van der Waals surface area contributed by atoms with Crippen LogP contribution in [0.15, 0.2) is 47.8 Å². The molecular weight excluding hydrogens is 299 g/mol. The fraction of sp³-hybridized carbons (Fsp3) is 0.214. The largest absolute Gasteiger partial charge is 0.406 e. The third kappa shape index (κ3) is 3.94. The minimum absolute atomic E-state index is 0.204. The number of nitrogens with zero attached hydrogens (tertiary/aromatic N) is 3. The molecule has 2 rings (SSSR count). The van der Waals surface area contributed by atoms with Gasteiger partial charge in [0, 0.05) is 30.6 Å². The van der Waals surface area contributed by atoms with Crippen LogP contribution in [0.2, 0.25) is 0 Å². The summed E-state index contributed by atoms with van der Waals surface area (Å²) in [6, 6.07) is 4.62. The summed E-state index contributed by atoms with van der Waals surface area (Å²) in [5.41, 5.74) is 0.366. The smallest absolute Gasteiger partial charge is 0.355 e. The number of hydrogen-bond acceptors (Lipinski definition) is 4. The van der Waals surface area contributed by atoms with Crippen LogP contribution in [0.25, 0.3) is 11.3 Å². The zero-order chi connectivity index (χ0) is 16.2. The molecule has 0 aliphatic carbocycles. The van der Waals surface area contributed by atoms with E-state index in [1.807, 2.05) is 0 Å². The Hall–Kier alpha value is -2.64. The highest BCUT2D eigenvalue weighted by Crippen LogP contribution is 2.21. The van der Waals surface area contributed by atoms with Gasteiger partial charge in [-0.05, 0) is 12.1 Å². The van der Waals surface area contributed by atoms with Crippen molar-refractivity contribution in [3.05, 3.63) is 48.9 Å². The monoisotopic (exact) mass is 311 g/mol. The highest BCUT2D eigenvalue weighted by atomic mass is 19.4. The highest BCUT2D eigenvalue weighted by Gasteiger charge is 2.33. The molecule has 2 aromatic heterocycles. The van der Waals surface area contributed by atoms with E-state index < -0.39 is 18.6 Å². The molecule has 0 aromatic carbocycles. The number of hydrogen-bond donors (Lipinski definition) is 0. The van der Waals surface area contributed by atoms with E-state index in [1.165, 1.54) is 18.3 Å². The molecule has 8 heteroatoms. The predicted octanol–water partition coefficient (Wildman–Crippen LogP) is 2.93. The number of rotatable bonds is 5. The lowest BCUT2D eigenvalue weighted by atomic mass is 10.2. The molecule has 0 spiro atoms. The molecule has 116 valence electrons. The first-order valence-corrected chi connectivity index (χ1v) is 6.25. The van der Waals surface area contributed by atoms with Crippen molar-refractivity contribution in [1.82, 2.24) is 15.0 Å². The van der Waals surface area contributed by atoms with Gasteiger partial charge in [0.25, 0.3) is 5.91 Å². The third-order valence-corrected chi connectivity index (χ3v) is 2.68. The average Bonchev–Trinajstić information content (AvgIpc) is 2.95. The van der Waals surface area contributed by atoms with Gasteiger partial charge in [-0.2, -0.15) is 13.2 Å². The molecule has 0 fully saturated rings. The van der Waals surface area contributed by atoms with E-state index in [0.29, 0.717) is 10.5 Å². The second kappa shape index (κ2) is 6.42. The Labute approximate surface area is 124 Å². The standard InChI is InChI=1S/C14H12F3N3O2/c1-2-6-20(9-14(15,16)17)13(21)11-7-12(22-19-11)10-4-3-5-18-8-10/h2-5,7-8H,1,6,9H2. The van der Waals surface area contributed by atoms with Crippen LogP contribution in [0.1, 0.15) is 10.5 Å². The van der Waals surface area contributed by atoms with Crippen molar-refractivity contribution >= 4 is 5.91 Å². The molecule has 0 aliphatic rings. The molecular formula is C14H12F3N3O2. The van der Waals surface area contributed by atoms with Gasteiger partial charge in [-0.15, -0.1) is 6.58 Å². The van der Waals surface area contributed by atoms with Crippen molar-refractivity contribution in [3.63, 3.8) is 0 Å². The summed E-state index contributed by atoms with van der Waals surface area (Å²) in [6.45, 7) is 1.72. The fourth-order valence-corrected chi connectivity index (χ4v) is 1.77. The van der Waals surface area contributed by atoms with Crippen LogP contribution in [0.5, 0.6) is 0 Å². The Morgan fingerprint density at radius 3 is 2.82 bits per heavy atom. The first-order chi connectivity index (χ1) is 10.4. The molecule has 22 heavy (non-hydrogen) atoms. The average molecular weight is 311 g/mol. The SMILES string of the molecule is C=CCN(CC(F)(F)F)C(=O)c1cc(-c2cccnc2)on1. The van der Waals surface area contributed by atoms with Crippen molar-refractivity contribution in [1.29, 1.82) is 0 Å². The predicted molar refractivity (Wildman–Crippen MR) is 71.9 cm³/mol. The Balaban J connectivity index is 2.21. The maximum Gasteiger partial charge on any atom is 0.406 e. The van der Waals surface area contributed by atoms with Gasteiger partial charge < -0.3 is 9.42 Å². The molecule has 2 heterocycles. The number of pyridine rings is 1. The zero-order valence-corrected chi connectivity index (χ0v) is 11.4. The maximum absolute atomic E-state index is 12.5. The molecule has 0 unspecified atom stereocenters. The topological polar surface area (TPSA) is 59.2 Å². The van der Waals surface area contributed by atoms with Gasteiger partial charge in [-0.25, -0.2) is 0 Å². The van der Waals surface area contributed by atoms with Crippen LogP contribution in [0.3, 0.4) is 0 Å². The molecule has 0 saturated heterocycles. The molecule has 0 radical (unpaired) electrons. The zero-order valence-electron chi connectivity index (χ0n) is 11.4. The minimum atomic E-state index is -4.51. The number of halogens is 3. The molecule has 5 nitrogen and oxygen atoms in total. The van der Waals surface area contributed by atoms with E-state index in [2.05, 4.69) is 16.7 Å². The van der Waals surface area contributed by atoms with E-state index in [0.717, 1.165) is 0 Å². The van der Waals surface area contributed by atoms with Crippen molar-refractivity contribution in [2.24, 2.45) is 0 Å². The first-order valence-electron chi connectivity index (χ1n) is 6.25. The molecule has 1 amide bonds. The third-order valence-electron chi connectivity index (χ3n) is 2.68. The fourth-order valence-electron chi connectivity index (χ4n) is 1.77. The summed E-state index contributed by atoms with van der Waals surface area (Å²) in [5, 5.41) is 3.53. The molecule has 2 aromatic rings. The molecule has 0 atom stereocenters. The van der Waals surface area contributed by atoms with Gasteiger partial charge in [0.05, 0.1) is 0 Å². The Morgan fingerprint density at radius 1 is 1.45 bits per heavy atom. The van der Waals surface area contributed by atoms with E-state index in [9.17, 15) is 18.0 Å². The van der Waals surface area contributed by atoms with Gasteiger partial charge in [0.1, 0.15) is 6.54 Å². The van der Waals surface area contributed by atoms with Crippen LogP contribution >= 0.6 is 0 Å². The van der Waals surface area contributed by atoms with Gasteiger partial charge in [0.15, 0.2) is 11.5 Å². The maximum atomic E-state index is 12.5. The molecule has 0 N–H and O–H groups in total. The van der Waals surface area contributed by atoms with Gasteiger partial charge in [-0.1, -0.05) is 11.2 Å². The van der Waals surface area contributed by atoms with E-state index >= 15 is 0 Å². The van der Waals surface area contributed by atoms with Crippen molar-refractivity contribution in [2.45, 2.75) is 6.18 Å². The van der Waals surface area contributed by atoms with Crippen LogP contribution in [-0.2, 0) is 0 Å². The minimum Gasteiger partial charge on any atom is -0.355 e. The van der Waals surface area contributed by atoms with Crippen molar-refractivity contribution < 1.29 is 22.5 Å². The van der Waals surface area contributed by atoms with Gasteiger partial charge in [-0.3, -0.25) is 9.78 Å². The van der Waals surface area contributed by atoms with E-state index in [4.69, 9.17) is 4.52 Å². The highest BCUT2D eigenvalue weighted by molar-refractivity contribution is 5.93. The summed E-state index contributed by atoms with van der Waals surface area (Å²) < 4.78 is 42.5. The summed E-state index contributed by atoms with van der Waals surface area (Å²) in [6.07, 6.45) is -0.243. The number of alkyl halides is 3. The number of carbonyl (C=O) groups excluding carboxylic acids is 1. The normalized spacial score (nSPS) is 11.2. The Morgan fingerprint density at radius 2 is 2.23 bits per heavy atom. The molecule has 0 bridgehead atoms. The number of amides is 1. The van der Waals surface area contributed by atoms with Gasteiger partial charge >= 0.3 is 6.18 Å². The van der Waals surface area contributed by atoms with Gasteiger partial charge in [0.2, 0.25) is 0 Å². The van der Waals surface area contributed by atoms with Crippen LogP contribution in [-0.4, -0.2) is 40.2 Å². The van der Waals surface area contributed by atoms with E-state index in [-0.39, 0.29) is 18.0 Å². The van der Waals surface area contributed by atoms with Crippen LogP contribution < -0.4 is 0 Å². The van der Waals surface area contributed by atoms with Crippen LogP contribution in [0.4, 0.5) is 13.2 Å². The lowest BCUT2D eigenvalue weighted by Gasteiger charge is -2.21. The summed E-state index contributed by atoms with van der Waals surface area (Å²) >= 11 is 0. The number of aromatic nitrogens is 2. The molecule has 0 aliphatic heterocycles. The Bertz CT molecular complexity index is 653. The quantitative estimate of drug-likeness (QED) is 0.797. The Kier molecular flexibility index (Phi) is 4.59. The van der Waals surface area contributed by atoms with Crippen molar-refractivity contribution in [2.75, 3.05) is 13.1 Å². The second-order valence-corrected chi connectivity index (χ2v) is 4.41. The van der Waals surface area contributed by atoms with Crippen molar-refractivity contribution in [3.8, 4) is 11.3 Å². The lowest BCUT2D eigenvalue weighted by molar-refractivity contribution is -0.139. The summed E-state index contributed by atoms with van der Waals surface area (Å²) in [4.78, 5) is 16.6. The van der Waals surface area contributed by atoms with Crippen LogP contribution in [0, 0.1) is 0 Å². The lowest BCUT2D eigenvalue weighted by Crippen LogP contribution is -2.39. The summed E-state index contributed by atoms with van der Waals surface area (Å²) in [5.74, 6) is -0.627. The summed E-state index contributed by atoms with van der Waals surface area (Å²) in [7, 11) is 0.